The first-order valence-corrected chi connectivity index (χ1v) is 10.2. The molecule has 0 aliphatic heterocycles. The number of rotatable bonds is 1. The summed E-state index contributed by atoms with van der Waals surface area (Å²) in [5.41, 5.74) is 2.11. The molecule has 0 amide bonds. The average molecular weight is 331 g/mol. The van der Waals surface area contributed by atoms with Crippen molar-refractivity contribution < 1.29 is 9.90 Å². The molecule has 0 radical (unpaired) electrons. The molecule has 7 atom stereocenters. The highest BCUT2D eigenvalue weighted by Crippen LogP contribution is 2.65. The van der Waals surface area contributed by atoms with E-state index in [0.717, 1.165) is 43.4 Å². The highest BCUT2D eigenvalue weighted by atomic mass is 16.3. The first kappa shape index (κ1) is 16.8. The Morgan fingerprint density at radius 3 is 2.62 bits per heavy atom. The molecule has 0 aromatic carbocycles. The molecule has 3 saturated carbocycles. The lowest BCUT2D eigenvalue weighted by molar-refractivity contribution is -0.127. The number of carbonyl (C=O) groups excluding carboxylic acids is 1. The molecule has 0 aromatic heterocycles. The van der Waals surface area contributed by atoms with Gasteiger partial charge in [-0.2, -0.15) is 0 Å². The minimum Gasteiger partial charge on any atom is -0.393 e. The van der Waals surface area contributed by atoms with Crippen molar-refractivity contribution in [2.24, 2.45) is 34.5 Å². The van der Waals surface area contributed by atoms with E-state index in [9.17, 15) is 9.90 Å². The molecule has 134 valence electrons. The molecule has 3 fully saturated rings. The van der Waals surface area contributed by atoms with Gasteiger partial charge in [0.2, 0.25) is 0 Å². The Hall–Kier alpha value is -0.630. The summed E-state index contributed by atoms with van der Waals surface area (Å²) in [6, 6.07) is 0. The van der Waals surface area contributed by atoms with Gasteiger partial charge in [-0.1, -0.05) is 25.5 Å². The van der Waals surface area contributed by atoms with Crippen LogP contribution in [-0.2, 0) is 4.79 Å². The van der Waals surface area contributed by atoms with E-state index < -0.39 is 0 Å². The SMILES string of the molecule is CC(=O)[C@H]1CC[C@H]2[C@H]3CCC=C4C[C@@H](O)CC[C@]4(C)[C@H]3CC[C@]12C. The van der Waals surface area contributed by atoms with Gasteiger partial charge in [-0.15, -0.1) is 0 Å². The summed E-state index contributed by atoms with van der Waals surface area (Å²) in [4.78, 5) is 12.2. The summed E-state index contributed by atoms with van der Waals surface area (Å²) >= 11 is 0. The van der Waals surface area contributed by atoms with Gasteiger partial charge in [-0.25, -0.2) is 0 Å². The molecule has 1 N–H and O–H groups in total. The number of Topliss-reactive ketones (excluding diaryl/α,β-unsaturated/α-hetero) is 1. The largest absolute Gasteiger partial charge is 0.393 e. The van der Waals surface area contributed by atoms with Crippen LogP contribution in [0, 0.1) is 34.5 Å². The Bertz CT molecular complexity index is 564. The first-order valence-electron chi connectivity index (χ1n) is 10.2. The van der Waals surface area contributed by atoms with E-state index >= 15 is 0 Å². The van der Waals surface area contributed by atoms with Gasteiger partial charge in [-0.05, 0) is 93.3 Å². The molecular weight excluding hydrogens is 296 g/mol. The zero-order chi connectivity index (χ0) is 17.1. The van der Waals surface area contributed by atoms with Crippen LogP contribution >= 0.6 is 0 Å². The highest BCUT2D eigenvalue weighted by Gasteiger charge is 2.58. The Morgan fingerprint density at radius 1 is 1.08 bits per heavy atom. The minimum absolute atomic E-state index is 0.122. The van der Waals surface area contributed by atoms with E-state index in [1.165, 1.54) is 32.1 Å². The van der Waals surface area contributed by atoms with E-state index in [-0.39, 0.29) is 11.5 Å². The fourth-order valence-electron chi connectivity index (χ4n) is 7.56. The lowest BCUT2D eigenvalue weighted by atomic mass is 9.50. The third-order valence-electron chi connectivity index (χ3n) is 8.82. The van der Waals surface area contributed by atoms with Crippen LogP contribution in [0.2, 0.25) is 0 Å². The van der Waals surface area contributed by atoms with Gasteiger partial charge in [0.25, 0.3) is 0 Å². The Balaban J connectivity index is 1.66. The molecule has 0 aromatic rings. The second-order valence-electron chi connectivity index (χ2n) is 9.78. The molecule has 4 rings (SSSR count). The maximum absolute atomic E-state index is 12.2. The molecule has 2 heteroatoms. The van der Waals surface area contributed by atoms with Crippen molar-refractivity contribution in [2.75, 3.05) is 0 Å². The van der Waals surface area contributed by atoms with Gasteiger partial charge in [0, 0.05) is 5.92 Å². The lowest BCUT2D eigenvalue weighted by Gasteiger charge is -2.55. The van der Waals surface area contributed by atoms with Crippen molar-refractivity contribution in [3.8, 4) is 0 Å². The molecule has 4 aliphatic carbocycles. The maximum Gasteiger partial charge on any atom is 0.133 e. The number of allylic oxidation sites excluding steroid dienone is 1. The second kappa shape index (κ2) is 5.69. The molecule has 0 bridgehead atoms. The molecule has 0 spiro atoms. The molecule has 0 unspecified atom stereocenters. The van der Waals surface area contributed by atoms with E-state index in [1.54, 1.807) is 5.57 Å². The molecule has 2 nitrogen and oxygen atoms in total. The summed E-state index contributed by atoms with van der Waals surface area (Å²) in [5, 5.41) is 10.2. The normalized spacial score (nSPS) is 51.0. The summed E-state index contributed by atoms with van der Waals surface area (Å²) in [6.45, 7) is 6.74. The van der Waals surface area contributed by atoms with Crippen LogP contribution in [0.25, 0.3) is 0 Å². The Kier molecular flexibility index (Phi) is 3.99. The van der Waals surface area contributed by atoms with Gasteiger partial charge in [-0.3, -0.25) is 4.79 Å². The van der Waals surface area contributed by atoms with Gasteiger partial charge < -0.3 is 5.11 Å². The van der Waals surface area contributed by atoms with Crippen LogP contribution in [0.1, 0.15) is 78.6 Å². The van der Waals surface area contributed by atoms with Crippen LogP contribution in [-0.4, -0.2) is 17.0 Å². The molecule has 4 aliphatic rings. The smallest absolute Gasteiger partial charge is 0.133 e. The van der Waals surface area contributed by atoms with Crippen molar-refractivity contribution in [3.05, 3.63) is 11.6 Å². The van der Waals surface area contributed by atoms with Gasteiger partial charge in [0.1, 0.15) is 5.78 Å². The summed E-state index contributed by atoms with van der Waals surface area (Å²) in [5.74, 6) is 3.02. The van der Waals surface area contributed by atoms with Crippen molar-refractivity contribution in [2.45, 2.75) is 84.7 Å². The lowest BCUT2D eigenvalue weighted by Crippen LogP contribution is -2.48. The summed E-state index contributed by atoms with van der Waals surface area (Å²) in [7, 11) is 0. The summed E-state index contributed by atoms with van der Waals surface area (Å²) < 4.78 is 0. The number of aliphatic hydroxyl groups is 1. The molecular formula is C22H34O2. The number of aliphatic hydroxyl groups excluding tert-OH is 1. The van der Waals surface area contributed by atoms with E-state index in [4.69, 9.17) is 0 Å². The van der Waals surface area contributed by atoms with Crippen LogP contribution in [0.5, 0.6) is 0 Å². The highest BCUT2D eigenvalue weighted by molar-refractivity contribution is 5.79. The standard InChI is InChI=1S/C22H34O2/c1-14(23)18-7-8-19-17-6-4-5-15-13-16(24)9-11-21(15,2)20(17)10-12-22(18,19)3/h5,16-20,24H,4,6-13H2,1-3H3/t16-,17+,18+,19-,20-,21-,22+/m0/s1. The van der Waals surface area contributed by atoms with E-state index in [1.807, 2.05) is 6.92 Å². The van der Waals surface area contributed by atoms with Crippen molar-refractivity contribution in [1.29, 1.82) is 0 Å². The van der Waals surface area contributed by atoms with Gasteiger partial charge in [0.05, 0.1) is 6.10 Å². The Labute approximate surface area is 147 Å². The Morgan fingerprint density at radius 2 is 1.88 bits per heavy atom. The van der Waals surface area contributed by atoms with E-state index in [0.29, 0.717) is 17.1 Å². The zero-order valence-corrected chi connectivity index (χ0v) is 15.7. The topological polar surface area (TPSA) is 37.3 Å². The van der Waals surface area contributed by atoms with Crippen molar-refractivity contribution >= 4 is 5.78 Å². The van der Waals surface area contributed by atoms with Gasteiger partial charge in [0.15, 0.2) is 0 Å². The molecule has 0 heterocycles. The minimum atomic E-state index is -0.122. The number of hydrogen-bond acceptors (Lipinski definition) is 2. The number of fused-ring (bicyclic) bond motifs is 5. The predicted octanol–water partition coefficient (Wildman–Crippen LogP) is 4.91. The zero-order valence-electron chi connectivity index (χ0n) is 15.7. The quantitative estimate of drug-likeness (QED) is 0.694. The fraction of sp³-hybridized carbons (Fsp3) is 0.864. The number of ketones is 1. The predicted molar refractivity (Wildman–Crippen MR) is 96.5 cm³/mol. The monoisotopic (exact) mass is 330 g/mol. The second-order valence-corrected chi connectivity index (χ2v) is 9.78. The van der Waals surface area contributed by atoms with E-state index in [2.05, 4.69) is 19.9 Å². The van der Waals surface area contributed by atoms with Gasteiger partial charge >= 0.3 is 0 Å². The van der Waals surface area contributed by atoms with Crippen molar-refractivity contribution in [1.82, 2.24) is 0 Å². The third kappa shape index (κ3) is 2.28. The van der Waals surface area contributed by atoms with Crippen LogP contribution in [0.15, 0.2) is 11.6 Å². The molecule has 24 heavy (non-hydrogen) atoms. The fourth-order valence-corrected chi connectivity index (χ4v) is 7.56. The third-order valence-corrected chi connectivity index (χ3v) is 8.82. The molecule has 0 saturated heterocycles. The van der Waals surface area contributed by atoms with Crippen LogP contribution < -0.4 is 0 Å². The average Bonchev–Trinajstić information content (AvgIpc) is 2.81. The maximum atomic E-state index is 12.2. The summed E-state index contributed by atoms with van der Waals surface area (Å²) in [6.07, 6.45) is 12.7. The first-order chi connectivity index (χ1) is 11.4. The number of carbonyl (C=O) groups is 1. The van der Waals surface area contributed by atoms with Crippen molar-refractivity contribution in [3.63, 3.8) is 0 Å². The number of hydrogen-bond donors (Lipinski definition) is 1. The van der Waals surface area contributed by atoms with Crippen LogP contribution in [0.4, 0.5) is 0 Å². The van der Waals surface area contributed by atoms with Crippen LogP contribution in [0.3, 0.4) is 0 Å².